The lowest BCUT2D eigenvalue weighted by Crippen LogP contribution is -2.31. The molecular formula is C26H18N4O4S. The maximum atomic E-state index is 13.8. The molecule has 0 saturated heterocycles. The van der Waals surface area contributed by atoms with Gasteiger partial charge in [0.15, 0.2) is 5.76 Å². The number of rotatable bonds is 5. The number of carbonyl (C=O) groups excluding carboxylic acids is 2. The molecule has 1 aliphatic heterocycles. The highest BCUT2D eigenvalue weighted by atomic mass is 32.1. The van der Waals surface area contributed by atoms with E-state index in [1.807, 2.05) is 54.6 Å². The summed E-state index contributed by atoms with van der Waals surface area (Å²) in [5.41, 5.74) is 2.70. The SMILES string of the molecule is Cc1nc(-c2ccccc2)sc1C(=O)C1=C(O)C(=O)N(c2nc3ccccc3[nH]2)C1c1ccco1. The van der Waals surface area contributed by atoms with E-state index in [0.29, 0.717) is 26.9 Å². The Bertz CT molecular complexity index is 1580. The molecule has 1 unspecified atom stereocenters. The van der Waals surface area contributed by atoms with Gasteiger partial charge in [-0.1, -0.05) is 42.5 Å². The number of fused-ring (bicyclic) bond motifs is 1. The molecule has 0 saturated carbocycles. The molecule has 4 heterocycles. The Morgan fingerprint density at radius 2 is 1.83 bits per heavy atom. The van der Waals surface area contributed by atoms with Crippen LogP contribution in [0.2, 0.25) is 0 Å². The van der Waals surface area contributed by atoms with Crippen LogP contribution in [0.3, 0.4) is 0 Å². The van der Waals surface area contributed by atoms with Crippen LogP contribution in [-0.2, 0) is 4.79 Å². The number of anilines is 1. The normalized spacial score (nSPS) is 16.0. The zero-order valence-corrected chi connectivity index (χ0v) is 19.2. The summed E-state index contributed by atoms with van der Waals surface area (Å²) in [7, 11) is 0. The van der Waals surface area contributed by atoms with Crippen molar-refractivity contribution in [3.05, 3.63) is 101 Å². The van der Waals surface area contributed by atoms with Crippen molar-refractivity contribution < 1.29 is 19.1 Å². The second-order valence-electron chi connectivity index (χ2n) is 8.06. The van der Waals surface area contributed by atoms with Crippen LogP contribution in [0, 0.1) is 6.92 Å². The standard InChI is InChI=1S/C26H18N4O4S/c1-14-23(35-24(27-14)15-8-3-2-4-9-15)21(31)19-20(18-12-7-13-34-18)30(25(33)22(19)32)26-28-16-10-5-6-11-17(16)29-26/h2-13,20,32H,1H3,(H,28,29). The van der Waals surface area contributed by atoms with Gasteiger partial charge in [-0.25, -0.2) is 9.97 Å². The molecule has 0 spiro atoms. The molecule has 0 aliphatic carbocycles. The fourth-order valence-electron chi connectivity index (χ4n) is 4.26. The Morgan fingerprint density at radius 1 is 1.06 bits per heavy atom. The van der Waals surface area contributed by atoms with E-state index in [1.165, 1.54) is 22.5 Å². The molecule has 1 atom stereocenters. The van der Waals surface area contributed by atoms with Crippen molar-refractivity contribution in [1.82, 2.24) is 15.0 Å². The minimum atomic E-state index is -0.993. The summed E-state index contributed by atoms with van der Waals surface area (Å²) < 4.78 is 5.62. The largest absolute Gasteiger partial charge is 0.503 e. The number of ketones is 1. The Kier molecular flexibility index (Phi) is 4.85. The van der Waals surface area contributed by atoms with E-state index in [9.17, 15) is 14.7 Å². The number of Topliss-reactive ketones (excluding diaryl/α,β-unsaturated/α-hetero) is 1. The van der Waals surface area contributed by atoms with Crippen LogP contribution in [0.1, 0.15) is 27.2 Å². The fourth-order valence-corrected chi connectivity index (χ4v) is 5.28. The smallest absolute Gasteiger partial charge is 0.296 e. The van der Waals surface area contributed by atoms with E-state index in [-0.39, 0.29) is 11.5 Å². The van der Waals surface area contributed by atoms with Crippen molar-refractivity contribution in [3.8, 4) is 10.6 Å². The number of hydrogen-bond acceptors (Lipinski definition) is 7. The van der Waals surface area contributed by atoms with Crippen LogP contribution in [-0.4, -0.2) is 31.7 Å². The molecule has 3 aromatic heterocycles. The highest BCUT2D eigenvalue weighted by Crippen LogP contribution is 2.43. The second-order valence-corrected chi connectivity index (χ2v) is 9.06. The van der Waals surface area contributed by atoms with Crippen LogP contribution in [0.15, 0.2) is 88.7 Å². The van der Waals surface area contributed by atoms with Crippen LogP contribution < -0.4 is 4.90 Å². The first kappa shape index (κ1) is 21.1. The molecule has 1 amide bonds. The van der Waals surface area contributed by atoms with Gasteiger partial charge in [0.1, 0.15) is 16.8 Å². The summed E-state index contributed by atoms with van der Waals surface area (Å²) in [4.78, 5) is 40.9. The Hall–Kier alpha value is -4.50. The maximum absolute atomic E-state index is 13.8. The summed E-state index contributed by atoms with van der Waals surface area (Å²) in [5.74, 6) is -1.31. The molecule has 2 aromatic carbocycles. The van der Waals surface area contributed by atoms with E-state index >= 15 is 0 Å². The van der Waals surface area contributed by atoms with Gasteiger partial charge in [0.05, 0.1) is 33.4 Å². The molecule has 1 aliphatic rings. The number of para-hydroxylation sites is 2. The summed E-state index contributed by atoms with van der Waals surface area (Å²) in [5, 5.41) is 11.6. The molecule has 0 fully saturated rings. The number of furan rings is 1. The van der Waals surface area contributed by atoms with E-state index in [2.05, 4.69) is 15.0 Å². The van der Waals surface area contributed by atoms with Gasteiger partial charge in [0.2, 0.25) is 11.7 Å². The second kappa shape index (κ2) is 8.07. The average molecular weight is 483 g/mol. The van der Waals surface area contributed by atoms with Crippen LogP contribution >= 0.6 is 11.3 Å². The number of aliphatic hydroxyl groups is 1. The predicted molar refractivity (Wildman–Crippen MR) is 131 cm³/mol. The van der Waals surface area contributed by atoms with E-state index in [0.717, 1.165) is 11.1 Å². The lowest BCUT2D eigenvalue weighted by Gasteiger charge is -2.22. The first-order chi connectivity index (χ1) is 17.0. The zero-order valence-electron chi connectivity index (χ0n) is 18.4. The summed E-state index contributed by atoms with van der Waals surface area (Å²) in [6.07, 6.45) is 1.46. The molecule has 2 N–H and O–H groups in total. The Balaban J connectivity index is 1.46. The minimum Gasteiger partial charge on any atom is -0.503 e. The zero-order chi connectivity index (χ0) is 24.1. The van der Waals surface area contributed by atoms with Crippen molar-refractivity contribution >= 4 is 40.0 Å². The van der Waals surface area contributed by atoms with Gasteiger partial charge in [0.25, 0.3) is 5.91 Å². The summed E-state index contributed by atoms with van der Waals surface area (Å²) >= 11 is 1.22. The van der Waals surface area contributed by atoms with E-state index in [1.54, 1.807) is 19.1 Å². The van der Waals surface area contributed by atoms with Crippen LogP contribution in [0.4, 0.5) is 5.95 Å². The number of benzene rings is 2. The topological polar surface area (TPSA) is 112 Å². The molecule has 9 heteroatoms. The quantitative estimate of drug-likeness (QED) is 0.326. The lowest BCUT2D eigenvalue weighted by atomic mass is 10.00. The van der Waals surface area contributed by atoms with E-state index < -0.39 is 23.5 Å². The number of nitrogens with one attached hydrogen (secondary N) is 1. The Labute approximate surface area is 203 Å². The number of imidazole rings is 1. The van der Waals surface area contributed by atoms with Crippen LogP contribution in [0.5, 0.6) is 0 Å². The number of thiazole rings is 1. The number of hydrogen-bond donors (Lipinski definition) is 2. The van der Waals surface area contributed by atoms with Gasteiger partial charge in [-0.05, 0) is 31.2 Å². The molecule has 6 rings (SSSR count). The van der Waals surface area contributed by atoms with Gasteiger partial charge in [-0.15, -0.1) is 11.3 Å². The molecule has 8 nitrogen and oxygen atoms in total. The number of aryl methyl sites for hydroxylation is 1. The van der Waals surface area contributed by atoms with Crippen molar-refractivity contribution in [2.45, 2.75) is 13.0 Å². The van der Waals surface area contributed by atoms with Crippen LogP contribution in [0.25, 0.3) is 21.6 Å². The number of aromatic amines is 1. The van der Waals surface area contributed by atoms with Crippen molar-refractivity contribution in [3.63, 3.8) is 0 Å². The third-order valence-corrected chi connectivity index (χ3v) is 7.10. The fraction of sp³-hybridized carbons (Fsp3) is 0.0769. The molecule has 35 heavy (non-hydrogen) atoms. The number of carbonyl (C=O) groups is 2. The number of amides is 1. The first-order valence-corrected chi connectivity index (χ1v) is 11.7. The van der Waals surface area contributed by atoms with Gasteiger partial charge in [0, 0.05) is 5.56 Å². The maximum Gasteiger partial charge on any atom is 0.296 e. The Morgan fingerprint density at radius 3 is 2.57 bits per heavy atom. The number of H-pyrrole nitrogens is 1. The average Bonchev–Trinajstić information content (AvgIpc) is 3.65. The first-order valence-electron chi connectivity index (χ1n) is 10.9. The van der Waals surface area contributed by atoms with Crippen molar-refractivity contribution in [1.29, 1.82) is 0 Å². The number of aliphatic hydroxyl groups excluding tert-OH is 1. The highest BCUT2D eigenvalue weighted by molar-refractivity contribution is 7.17. The third-order valence-electron chi connectivity index (χ3n) is 5.89. The van der Waals surface area contributed by atoms with Gasteiger partial charge in [-0.3, -0.25) is 14.5 Å². The van der Waals surface area contributed by atoms with Crippen molar-refractivity contribution in [2.75, 3.05) is 4.90 Å². The minimum absolute atomic E-state index is 0.0724. The molecular weight excluding hydrogens is 464 g/mol. The molecule has 0 radical (unpaired) electrons. The summed E-state index contributed by atoms with van der Waals surface area (Å²) in [6, 6.07) is 19.2. The monoisotopic (exact) mass is 482 g/mol. The highest BCUT2D eigenvalue weighted by Gasteiger charge is 2.48. The number of aromatic nitrogens is 3. The molecule has 0 bridgehead atoms. The molecule has 172 valence electrons. The van der Waals surface area contributed by atoms with E-state index in [4.69, 9.17) is 4.42 Å². The predicted octanol–water partition coefficient (Wildman–Crippen LogP) is 5.37. The van der Waals surface area contributed by atoms with Crippen molar-refractivity contribution in [2.24, 2.45) is 0 Å². The number of nitrogens with zero attached hydrogens (tertiary/aromatic N) is 3. The molecule has 5 aromatic rings. The third kappa shape index (κ3) is 3.36. The van der Waals surface area contributed by atoms with Gasteiger partial charge in [-0.2, -0.15) is 0 Å². The van der Waals surface area contributed by atoms with Gasteiger partial charge < -0.3 is 14.5 Å². The summed E-state index contributed by atoms with van der Waals surface area (Å²) in [6.45, 7) is 1.74. The lowest BCUT2D eigenvalue weighted by molar-refractivity contribution is -0.117. The van der Waals surface area contributed by atoms with Gasteiger partial charge >= 0.3 is 0 Å².